The fraction of sp³-hybridized carbons (Fsp3) is 0.481. The van der Waals surface area contributed by atoms with E-state index in [1.165, 1.54) is 0 Å². The first kappa shape index (κ1) is 24.7. The zero-order chi connectivity index (χ0) is 25.1. The molecule has 0 aromatic heterocycles. The summed E-state index contributed by atoms with van der Waals surface area (Å²) in [6.45, 7) is 4.39. The highest BCUT2D eigenvalue weighted by molar-refractivity contribution is 5.88. The standard InChI is InChI=1S/C27H35N3O5/c1-16(2)24(26(31)28-19-8-9-19)29-27(32)30-13-12-18-14-22(34-4)23(35-5)15-21(18)25(30)17-6-10-20(33-3)11-7-17/h6-7,10-11,14-16,19,24-25H,8-9,12-13H2,1-5H3,(H,28,31)(H,29,32)/t24-,25+/m0/s1. The lowest BCUT2D eigenvalue weighted by Gasteiger charge is -2.39. The first-order valence-corrected chi connectivity index (χ1v) is 12.1. The number of hydrogen-bond donors (Lipinski definition) is 2. The van der Waals surface area contributed by atoms with Crippen molar-refractivity contribution < 1.29 is 23.8 Å². The van der Waals surface area contributed by atoms with E-state index in [4.69, 9.17) is 14.2 Å². The van der Waals surface area contributed by atoms with Gasteiger partial charge in [-0.15, -0.1) is 0 Å². The lowest BCUT2D eigenvalue weighted by Crippen LogP contribution is -2.55. The Morgan fingerprint density at radius 2 is 1.63 bits per heavy atom. The molecule has 188 valence electrons. The number of benzene rings is 2. The summed E-state index contributed by atoms with van der Waals surface area (Å²) in [5, 5.41) is 6.04. The van der Waals surface area contributed by atoms with Gasteiger partial charge in [-0.05, 0) is 66.1 Å². The van der Waals surface area contributed by atoms with Crippen molar-refractivity contribution in [2.45, 2.75) is 51.2 Å². The largest absolute Gasteiger partial charge is 0.497 e. The number of nitrogens with one attached hydrogen (secondary N) is 2. The van der Waals surface area contributed by atoms with Crippen LogP contribution >= 0.6 is 0 Å². The Bertz CT molecular complexity index is 1070. The second-order valence-electron chi connectivity index (χ2n) is 9.48. The van der Waals surface area contributed by atoms with E-state index >= 15 is 0 Å². The lowest BCUT2D eigenvalue weighted by atomic mass is 9.87. The van der Waals surface area contributed by atoms with Crippen molar-refractivity contribution in [2.24, 2.45) is 5.92 Å². The molecule has 35 heavy (non-hydrogen) atoms. The van der Waals surface area contributed by atoms with Crippen LogP contribution in [0.15, 0.2) is 36.4 Å². The summed E-state index contributed by atoms with van der Waals surface area (Å²) in [6, 6.07) is 10.6. The van der Waals surface area contributed by atoms with Gasteiger partial charge in [0.05, 0.1) is 27.4 Å². The summed E-state index contributed by atoms with van der Waals surface area (Å²) >= 11 is 0. The molecule has 1 aliphatic heterocycles. The van der Waals surface area contributed by atoms with Gasteiger partial charge in [0.15, 0.2) is 11.5 Å². The van der Waals surface area contributed by atoms with Gasteiger partial charge in [-0.3, -0.25) is 4.79 Å². The number of ether oxygens (including phenoxy) is 3. The molecule has 4 rings (SSSR count). The fourth-order valence-electron chi connectivity index (χ4n) is 4.58. The van der Waals surface area contributed by atoms with Crippen LogP contribution in [-0.2, 0) is 11.2 Å². The molecule has 3 amide bonds. The highest BCUT2D eigenvalue weighted by atomic mass is 16.5. The molecule has 2 aromatic rings. The lowest BCUT2D eigenvalue weighted by molar-refractivity contribution is -0.124. The minimum atomic E-state index is -0.605. The van der Waals surface area contributed by atoms with Crippen LogP contribution in [0.25, 0.3) is 0 Å². The minimum absolute atomic E-state index is 0.0430. The number of hydrogen-bond acceptors (Lipinski definition) is 5. The molecular weight excluding hydrogens is 446 g/mol. The molecule has 0 radical (unpaired) electrons. The Hall–Kier alpha value is -3.42. The van der Waals surface area contributed by atoms with E-state index in [2.05, 4.69) is 10.6 Å². The summed E-state index contributed by atoms with van der Waals surface area (Å²) < 4.78 is 16.4. The van der Waals surface area contributed by atoms with E-state index < -0.39 is 6.04 Å². The predicted molar refractivity (Wildman–Crippen MR) is 133 cm³/mol. The molecule has 1 heterocycles. The normalized spacial score (nSPS) is 17.9. The van der Waals surface area contributed by atoms with E-state index in [9.17, 15) is 9.59 Å². The van der Waals surface area contributed by atoms with E-state index in [1.807, 2.05) is 50.2 Å². The number of carbonyl (C=O) groups excluding carboxylic acids is 2. The van der Waals surface area contributed by atoms with E-state index in [1.54, 1.807) is 26.2 Å². The maximum Gasteiger partial charge on any atom is 0.318 e. The van der Waals surface area contributed by atoms with Crippen molar-refractivity contribution >= 4 is 11.9 Å². The number of fused-ring (bicyclic) bond motifs is 1. The third-order valence-electron chi connectivity index (χ3n) is 6.72. The zero-order valence-electron chi connectivity index (χ0n) is 21.1. The van der Waals surface area contributed by atoms with Crippen LogP contribution in [0, 0.1) is 5.92 Å². The molecule has 0 saturated heterocycles. The van der Waals surface area contributed by atoms with Gasteiger partial charge in [-0.25, -0.2) is 4.79 Å². The number of nitrogens with zero attached hydrogens (tertiary/aromatic N) is 1. The van der Waals surface area contributed by atoms with Crippen molar-refractivity contribution in [3.05, 3.63) is 53.1 Å². The van der Waals surface area contributed by atoms with Crippen LogP contribution in [0.2, 0.25) is 0 Å². The number of amides is 3. The molecule has 0 spiro atoms. The monoisotopic (exact) mass is 481 g/mol. The molecule has 2 N–H and O–H groups in total. The summed E-state index contributed by atoms with van der Waals surface area (Å²) in [5.41, 5.74) is 3.01. The van der Waals surface area contributed by atoms with Gasteiger partial charge in [-0.2, -0.15) is 0 Å². The highest BCUT2D eigenvalue weighted by Gasteiger charge is 2.36. The SMILES string of the molecule is COc1ccc([C@@H]2c3cc(OC)c(OC)cc3CCN2C(=O)N[C@H](C(=O)NC2CC2)C(C)C)cc1. The zero-order valence-corrected chi connectivity index (χ0v) is 21.1. The Morgan fingerprint density at radius 1 is 0.971 bits per heavy atom. The average Bonchev–Trinajstić information content (AvgIpc) is 3.69. The van der Waals surface area contributed by atoms with Crippen LogP contribution in [-0.4, -0.2) is 56.8 Å². The maximum absolute atomic E-state index is 13.7. The van der Waals surface area contributed by atoms with Gasteiger partial charge in [-0.1, -0.05) is 26.0 Å². The van der Waals surface area contributed by atoms with Crippen LogP contribution in [0.1, 0.15) is 49.4 Å². The van der Waals surface area contributed by atoms with E-state index in [0.717, 1.165) is 35.3 Å². The molecule has 1 saturated carbocycles. The Labute approximate surface area is 206 Å². The molecule has 2 aromatic carbocycles. The van der Waals surface area contributed by atoms with Crippen molar-refractivity contribution in [2.75, 3.05) is 27.9 Å². The highest BCUT2D eigenvalue weighted by Crippen LogP contribution is 2.41. The second-order valence-corrected chi connectivity index (χ2v) is 9.48. The fourth-order valence-corrected chi connectivity index (χ4v) is 4.58. The van der Waals surface area contributed by atoms with Crippen LogP contribution in [0.3, 0.4) is 0 Å². The van der Waals surface area contributed by atoms with Crippen molar-refractivity contribution in [1.29, 1.82) is 0 Å². The third-order valence-corrected chi connectivity index (χ3v) is 6.72. The molecular formula is C27H35N3O5. The Morgan fingerprint density at radius 3 is 2.20 bits per heavy atom. The summed E-state index contributed by atoms with van der Waals surface area (Å²) in [6.07, 6.45) is 2.66. The molecule has 8 nitrogen and oxygen atoms in total. The van der Waals surface area contributed by atoms with Gasteiger partial charge in [0.1, 0.15) is 11.8 Å². The van der Waals surface area contributed by atoms with Crippen molar-refractivity contribution in [3.63, 3.8) is 0 Å². The maximum atomic E-state index is 13.7. The van der Waals surface area contributed by atoms with Gasteiger partial charge in [0, 0.05) is 12.6 Å². The molecule has 8 heteroatoms. The number of rotatable bonds is 8. The predicted octanol–water partition coefficient (Wildman–Crippen LogP) is 3.67. The number of carbonyl (C=O) groups is 2. The third kappa shape index (κ3) is 5.31. The molecule has 0 unspecified atom stereocenters. The molecule has 2 atom stereocenters. The van der Waals surface area contributed by atoms with Crippen LogP contribution < -0.4 is 24.8 Å². The van der Waals surface area contributed by atoms with E-state index in [-0.39, 0.29) is 29.9 Å². The first-order valence-electron chi connectivity index (χ1n) is 12.1. The second kappa shape index (κ2) is 10.5. The molecule has 2 aliphatic rings. The summed E-state index contributed by atoms with van der Waals surface area (Å²) in [7, 11) is 4.85. The molecule has 1 fully saturated rings. The quantitative estimate of drug-likeness (QED) is 0.601. The first-order chi connectivity index (χ1) is 16.9. The van der Waals surface area contributed by atoms with Gasteiger partial charge >= 0.3 is 6.03 Å². The number of urea groups is 1. The molecule has 0 bridgehead atoms. The molecule has 1 aliphatic carbocycles. The van der Waals surface area contributed by atoms with Gasteiger partial charge in [0.25, 0.3) is 0 Å². The number of methoxy groups -OCH3 is 3. The minimum Gasteiger partial charge on any atom is -0.497 e. The van der Waals surface area contributed by atoms with Crippen molar-refractivity contribution in [3.8, 4) is 17.2 Å². The summed E-state index contributed by atoms with van der Waals surface area (Å²) in [5.74, 6) is 1.84. The van der Waals surface area contributed by atoms with Crippen molar-refractivity contribution in [1.82, 2.24) is 15.5 Å². The van der Waals surface area contributed by atoms with Crippen LogP contribution in [0.5, 0.6) is 17.2 Å². The topological polar surface area (TPSA) is 89.1 Å². The van der Waals surface area contributed by atoms with Crippen LogP contribution in [0.4, 0.5) is 4.79 Å². The van der Waals surface area contributed by atoms with Gasteiger partial charge < -0.3 is 29.7 Å². The average molecular weight is 482 g/mol. The Kier molecular flexibility index (Phi) is 7.38. The summed E-state index contributed by atoms with van der Waals surface area (Å²) in [4.78, 5) is 28.3. The Balaban J connectivity index is 1.69. The smallest absolute Gasteiger partial charge is 0.318 e. The van der Waals surface area contributed by atoms with E-state index in [0.29, 0.717) is 24.5 Å². The van der Waals surface area contributed by atoms with Gasteiger partial charge in [0.2, 0.25) is 5.91 Å².